The molecule has 1 aliphatic rings. The average molecular weight is 192 g/mol. The summed E-state index contributed by atoms with van der Waals surface area (Å²) in [7, 11) is 0. The fourth-order valence-electron chi connectivity index (χ4n) is 1.88. The number of rotatable bonds is 2. The Labute approximate surface area is 86.9 Å². The van der Waals surface area contributed by atoms with Crippen molar-refractivity contribution in [2.75, 3.05) is 0 Å². The minimum Gasteiger partial charge on any atom is -0.295 e. The molecule has 1 aliphatic carbocycles. The van der Waals surface area contributed by atoms with Gasteiger partial charge in [-0.25, -0.2) is 0 Å². The van der Waals surface area contributed by atoms with Gasteiger partial charge in [0.15, 0.2) is 5.78 Å². The summed E-state index contributed by atoms with van der Waals surface area (Å²) in [5, 5.41) is 0. The molecule has 1 atom stereocenters. The van der Waals surface area contributed by atoms with Crippen molar-refractivity contribution in [1.82, 2.24) is 0 Å². The standard InChI is InChI=1S/C13H20O/c1-10(2)5-6-11-7-8-12(14)9-13(11,3)4/h5,7-8,11H,6,9H2,1-4H3. The lowest BCUT2D eigenvalue weighted by Crippen LogP contribution is -2.28. The Balaban J connectivity index is 2.73. The van der Waals surface area contributed by atoms with Crippen molar-refractivity contribution in [3.8, 4) is 0 Å². The third kappa shape index (κ3) is 2.83. The van der Waals surface area contributed by atoms with Gasteiger partial charge in [-0.2, -0.15) is 0 Å². The minimum atomic E-state index is 0.123. The predicted molar refractivity (Wildman–Crippen MR) is 60.1 cm³/mol. The molecular weight excluding hydrogens is 172 g/mol. The molecule has 1 heteroatoms. The van der Waals surface area contributed by atoms with E-state index >= 15 is 0 Å². The van der Waals surface area contributed by atoms with E-state index in [1.165, 1.54) is 5.57 Å². The Morgan fingerprint density at radius 3 is 2.71 bits per heavy atom. The molecule has 14 heavy (non-hydrogen) atoms. The van der Waals surface area contributed by atoms with Crippen LogP contribution in [0.5, 0.6) is 0 Å². The molecule has 0 spiro atoms. The van der Waals surface area contributed by atoms with E-state index in [1.54, 1.807) is 6.08 Å². The molecule has 1 rings (SSSR count). The summed E-state index contributed by atoms with van der Waals surface area (Å²) in [4.78, 5) is 11.3. The van der Waals surface area contributed by atoms with Gasteiger partial charge in [-0.15, -0.1) is 0 Å². The molecular formula is C13H20O. The number of ketones is 1. The Morgan fingerprint density at radius 2 is 2.21 bits per heavy atom. The largest absolute Gasteiger partial charge is 0.295 e. The van der Waals surface area contributed by atoms with Crippen molar-refractivity contribution in [2.45, 2.75) is 40.5 Å². The third-order valence-electron chi connectivity index (χ3n) is 2.93. The zero-order valence-electron chi connectivity index (χ0n) is 9.63. The van der Waals surface area contributed by atoms with Crippen LogP contribution in [0.25, 0.3) is 0 Å². The summed E-state index contributed by atoms with van der Waals surface area (Å²) in [6.07, 6.45) is 7.82. The highest BCUT2D eigenvalue weighted by atomic mass is 16.1. The van der Waals surface area contributed by atoms with Crippen LogP contribution in [0.3, 0.4) is 0 Å². The molecule has 0 fully saturated rings. The van der Waals surface area contributed by atoms with Crippen molar-refractivity contribution < 1.29 is 4.79 Å². The first-order chi connectivity index (χ1) is 6.42. The average Bonchev–Trinajstić information content (AvgIpc) is 2.00. The highest BCUT2D eigenvalue weighted by molar-refractivity contribution is 5.91. The van der Waals surface area contributed by atoms with Crippen molar-refractivity contribution in [3.63, 3.8) is 0 Å². The van der Waals surface area contributed by atoms with Gasteiger partial charge in [0, 0.05) is 6.42 Å². The Kier molecular flexibility index (Phi) is 3.30. The van der Waals surface area contributed by atoms with Gasteiger partial charge >= 0.3 is 0 Å². The lowest BCUT2D eigenvalue weighted by molar-refractivity contribution is -0.117. The van der Waals surface area contributed by atoms with E-state index in [4.69, 9.17) is 0 Å². The fraction of sp³-hybridized carbons (Fsp3) is 0.615. The lowest BCUT2D eigenvalue weighted by atomic mass is 9.70. The molecule has 0 saturated heterocycles. The third-order valence-corrected chi connectivity index (χ3v) is 2.93. The van der Waals surface area contributed by atoms with Gasteiger partial charge in [0.05, 0.1) is 0 Å². The second-order valence-electron chi connectivity index (χ2n) is 5.11. The van der Waals surface area contributed by atoms with Crippen LogP contribution in [-0.4, -0.2) is 5.78 Å². The molecule has 0 aromatic rings. The van der Waals surface area contributed by atoms with Crippen LogP contribution in [0.1, 0.15) is 40.5 Å². The van der Waals surface area contributed by atoms with Crippen LogP contribution < -0.4 is 0 Å². The van der Waals surface area contributed by atoms with E-state index < -0.39 is 0 Å². The number of hydrogen-bond donors (Lipinski definition) is 0. The van der Waals surface area contributed by atoms with Gasteiger partial charge in [0.25, 0.3) is 0 Å². The SMILES string of the molecule is CC(C)=CCC1C=CC(=O)CC1(C)C. The molecule has 0 bridgehead atoms. The van der Waals surface area contributed by atoms with Crippen LogP contribution in [0, 0.1) is 11.3 Å². The molecule has 1 unspecified atom stereocenters. The summed E-state index contributed by atoms with van der Waals surface area (Å²) in [6.45, 7) is 8.59. The first-order valence-corrected chi connectivity index (χ1v) is 5.26. The molecule has 0 heterocycles. The first kappa shape index (κ1) is 11.2. The van der Waals surface area contributed by atoms with Crippen LogP contribution in [0.15, 0.2) is 23.8 Å². The van der Waals surface area contributed by atoms with E-state index in [-0.39, 0.29) is 11.2 Å². The van der Waals surface area contributed by atoms with Crippen LogP contribution in [0.4, 0.5) is 0 Å². The molecule has 0 aromatic heterocycles. The van der Waals surface area contributed by atoms with Crippen LogP contribution >= 0.6 is 0 Å². The van der Waals surface area contributed by atoms with E-state index in [0.29, 0.717) is 12.3 Å². The maximum atomic E-state index is 11.3. The predicted octanol–water partition coefficient (Wildman–Crippen LogP) is 3.51. The summed E-state index contributed by atoms with van der Waals surface area (Å²) >= 11 is 0. The smallest absolute Gasteiger partial charge is 0.155 e. The zero-order valence-corrected chi connectivity index (χ0v) is 9.63. The fourth-order valence-corrected chi connectivity index (χ4v) is 1.88. The molecule has 0 saturated carbocycles. The summed E-state index contributed by atoms with van der Waals surface area (Å²) < 4.78 is 0. The highest BCUT2D eigenvalue weighted by Crippen LogP contribution is 2.37. The Bertz CT molecular complexity index is 278. The highest BCUT2D eigenvalue weighted by Gasteiger charge is 2.31. The second kappa shape index (κ2) is 4.12. The van der Waals surface area contributed by atoms with Gasteiger partial charge in [0.2, 0.25) is 0 Å². The molecule has 1 nitrogen and oxygen atoms in total. The first-order valence-electron chi connectivity index (χ1n) is 5.26. The minimum absolute atomic E-state index is 0.123. The van der Waals surface area contributed by atoms with Crippen molar-refractivity contribution in [3.05, 3.63) is 23.8 Å². The number of carbonyl (C=O) groups is 1. The van der Waals surface area contributed by atoms with Gasteiger partial charge < -0.3 is 0 Å². The normalized spacial score (nSPS) is 24.9. The molecule has 78 valence electrons. The zero-order chi connectivity index (χ0) is 10.8. The van der Waals surface area contributed by atoms with E-state index in [9.17, 15) is 4.79 Å². The van der Waals surface area contributed by atoms with Crippen LogP contribution in [0.2, 0.25) is 0 Å². The van der Waals surface area contributed by atoms with Gasteiger partial charge in [-0.3, -0.25) is 4.79 Å². The number of carbonyl (C=O) groups excluding carboxylic acids is 1. The Hall–Kier alpha value is -0.850. The summed E-state index contributed by atoms with van der Waals surface area (Å²) in [6, 6.07) is 0. The van der Waals surface area contributed by atoms with E-state index in [1.807, 2.05) is 0 Å². The Morgan fingerprint density at radius 1 is 1.57 bits per heavy atom. The maximum absolute atomic E-state index is 11.3. The molecule has 0 N–H and O–H groups in total. The van der Waals surface area contributed by atoms with Gasteiger partial charge in [-0.1, -0.05) is 31.6 Å². The van der Waals surface area contributed by atoms with E-state index in [2.05, 4.69) is 39.8 Å². The topological polar surface area (TPSA) is 17.1 Å². The van der Waals surface area contributed by atoms with E-state index in [0.717, 1.165) is 6.42 Å². The van der Waals surface area contributed by atoms with Gasteiger partial charge in [0.1, 0.15) is 0 Å². The van der Waals surface area contributed by atoms with Crippen LogP contribution in [-0.2, 0) is 4.79 Å². The molecule has 0 aromatic carbocycles. The second-order valence-corrected chi connectivity index (χ2v) is 5.11. The molecule has 0 amide bonds. The number of allylic oxidation sites excluding steroid dienone is 4. The molecule has 0 aliphatic heterocycles. The van der Waals surface area contributed by atoms with Crippen molar-refractivity contribution >= 4 is 5.78 Å². The van der Waals surface area contributed by atoms with Crippen molar-refractivity contribution in [1.29, 1.82) is 0 Å². The van der Waals surface area contributed by atoms with Crippen molar-refractivity contribution in [2.24, 2.45) is 11.3 Å². The summed E-state index contributed by atoms with van der Waals surface area (Å²) in [5.74, 6) is 0.776. The maximum Gasteiger partial charge on any atom is 0.155 e. The van der Waals surface area contributed by atoms with Gasteiger partial charge in [-0.05, 0) is 37.7 Å². The quantitative estimate of drug-likeness (QED) is 0.612. The monoisotopic (exact) mass is 192 g/mol. The molecule has 0 radical (unpaired) electrons. The lowest BCUT2D eigenvalue weighted by Gasteiger charge is -2.33. The summed E-state index contributed by atoms with van der Waals surface area (Å²) in [5.41, 5.74) is 1.48. The number of hydrogen-bond acceptors (Lipinski definition) is 1.